The first kappa shape index (κ1) is 13.1. The van der Waals surface area contributed by atoms with E-state index in [2.05, 4.69) is 6.07 Å². The lowest BCUT2D eigenvalue weighted by Crippen LogP contribution is -1.89. The molecule has 90 valence electrons. The highest BCUT2D eigenvalue weighted by atomic mass is 35.5. The van der Waals surface area contributed by atoms with Crippen LogP contribution in [-0.2, 0) is 0 Å². The average molecular weight is 295 g/mol. The molecule has 0 bridgehead atoms. The second-order valence-corrected chi connectivity index (χ2v) is 5.47. The molecule has 0 unspecified atom stereocenters. The molecule has 2 aromatic rings. The second-order valence-electron chi connectivity index (χ2n) is 3.54. The Hall–Kier alpha value is -1.34. The standard InChI is InChI=1S/C13H8Cl2N2S/c14-10-3-2-9(6-11(10)15)18-13-5-8(7-16)1-4-12(13)17/h1-6H,17H2. The maximum atomic E-state index is 8.86. The minimum atomic E-state index is 0.497. The van der Waals surface area contributed by atoms with Crippen LogP contribution < -0.4 is 5.73 Å². The Morgan fingerprint density at radius 1 is 1.06 bits per heavy atom. The maximum Gasteiger partial charge on any atom is 0.0992 e. The Balaban J connectivity index is 2.33. The summed E-state index contributed by atoms with van der Waals surface area (Å²) in [5.41, 5.74) is 7.08. The van der Waals surface area contributed by atoms with Crippen LogP contribution in [0.3, 0.4) is 0 Å². The lowest BCUT2D eigenvalue weighted by atomic mass is 10.2. The fourth-order valence-corrected chi connectivity index (χ4v) is 2.66. The number of hydrogen-bond donors (Lipinski definition) is 1. The van der Waals surface area contributed by atoms with Gasteiger partial charge in [0.25, 0.3) is 0 Å². The number of halogens is 2. The lowest BCUT2D eigenvalue weighted by Gasteiger charge is -2.06. The summed E-state index contributed by atoms with van der Waals surface area (Å²) in [7, 11) is 0. The van der Waals surface area contributed by atoms with E-state index in [1.807, 2.05) is 6.07 Å². The third kappa shape index (κ3) is 2.91. The minimum absolute atomic E-state index is 0.497. The van der Waals surface area contributed by atoms with Crippen molar-refractivity contribution >= 4 is 40.7 Å². The van der Waals surface area contributed by atoms with Gasteiger partial charge >= 0.3 is 0 Å². The summed E-state index contributed by atoms with van der Waals surface area (Å²) in [6.07, 6.45) is 0. The van der Waals surface area contributed by atoms with E-state index in [0.717, 1.165) is 9.79 Å². The molecule has 0 spiro atoms. The summed E-state index contributed by atoms with van der Waals surface area (Å²) in [5, 5.41) is 9.87. The van der Waals surface area contributed by atoms with Crippen molar-refractivity contribution in [3.05, 3.63) is 52.0 Å². The first-order chi connectivity index (χ1) is 8.60. The number of nitriles is 1. The van der Waals surface area contributed by atoms with Crippen LogP contribution in [0, 0.1) is 11.3 Å². The summed E-state index contributed by atoms with van der Waals surface area (Å²) < 4.78 is 0. The number of nitrogens with zero attached hydrogens (tertiary/aromatic N) is 1. The van der Waals surface area contributed by atoms with Gasteiger partial charge in [0.05, 0.1) is 21.7 Å². The van der Waals surface area contributed by atoms with Gasteiger partial charge in [0.2, 0.25) is 0 Å². The van der Waals surface area contributed by atoms with Crippen LogP contribution in [0.2, 0.25) is 10.0 Å². The van der Waals surface area contributed by atoms with Gasteiger partial charge in [-0.2, -0.15) is 5.26 Å². The van der Waals surface area contributed by atoms with E-state index in [1.54, 1.807) is 30.3 Å². The van der Waals surface area contributed by atoms with Crippen molar-refractivity contribution in [1.82, 2.24) is 0 Å². The lowest BCUT2D eigenvalue weighted by molar-refractivity contribution is 1.38. The molecule has 2 N–H and O–H groups in total. The molecule has 0 aliphatic carbocycles. The van der Waals surface area contributed by atoms with E-state index in [1.165, 1.54) is 11.8 Å². The van der Waals surface area contributed by atoms with Crippen molar-refractivity contribution in [3.8, 4) is 6.07 Å². The summed E-state index contributed by atoms with van der Waals surface area (Å²) in [6, 6.07) is 12.6. The first-order valence-electron chi connectivity index (χ1n) is 5.02. The van der Waals surface area contributed by atoms with Gasteiger partial charge in [-0.25, -0.2) is 0 Å². The van der Waals surface area contributed by atoms with Crippen LogP contribution in [-0.4, -0.2) is 0 Å². The minimum Gasteiger partial charge on any atom is -0.398 e. The molecule has 0 saturated heterocycles. The van der Waals surface area contributed by atoms with E-state index < -0.39 is 0 Å². The molecule has 0 radical (unpaired) electrons. The normalized spacial score (nSPS) is 10.1. The molecular formula is C13H8Cl2N2S. The van der Waals surface area contributed by atoms with Gasteiger partial charge in [-0.05, 0) is 36.4 Å². The molecule has 0 amide bonds. The van der Waals surface area contributed by atoms with Crippen LogP contribution in [0.1, 0.15) is 5.56 Å². The highest BCUT2D eigenvalue weighted by Crippen LogP contribution is 2.35. The maximum absolute atomic E-state index is 8.86. The monoisotopic (exact) mass is 294 g/mol. The molecule has 2 nitrogen and oxygen atoms in total. The number of rotatable bonds is 2. The molecule has 2 aromatic carbocycles. The highest BCUT2D eigenvalue weighted by Gasteiger charge is 2.05. The highest BCUT2D eigenvalue weighted by molar-refractivity contribution is 7.99. The van der Waals surface area contributed by atoms with Crippen LogP contribution in [0.15, 0.2) is 46.2 Å². The van der Waals surface area contributed by atoms with Crippen molar-refractivity contribution in [2.24, 2.45) is 0 Å². The van der Waals surface area contributed by atoms with E-state index in [0.29, 0.717) is 21.3 Å². The van der Waals surface area contributed by atoms with Gasteiger partial charge < -0.3 is 5.73 Å². The Kier molecular flexibility index (Phi) is 4.03. The number of nitrogens with two attached hydrogens (primary N) is 1. The van der Waals surface area contributed by atoms with Crippen molar-refractivity contribution in [2.45, 2.75) is 9.79 Å². The molecule has 2 rings (SSSR count). The number of anilines is 1. The predicted octanol–water partition coefficient (Wildman–Crippen LogP) is 4.60. The molecule has 0 heterocycles. The number of hydrogen-bond acceptors (Lipinski definition) is 3. The fraction of sp³-hybridized carbons (Fsp3) is 0. The molecule has 0 atom stereocenters. The molecule has 0 aliphatic rings. The van der Waals surface area contributed by atoms with Crippen LogP contribution in [0.25, 0.3) is 0 Å². The molecule has 18 heavy (non-hydrogen) atoms. The van der Waals surface area contributed by atoms with Crippen molar-refractivity contribution < 1.29 is 0 Å². The Labute approximate surface area is 119 Å². The molecular weight excluding hydrogens is 287 g/mol. The van der Waals surface area contributed by atoms with Crippen LogP contribution >= 0.6 is 35.0 Å². The quantitative estimate of drug-likeness (QED) is 0.824. The fourth-order valence-electron chi connectivity index (χ4n) is 1.36. The van der Waals surface area contributed by atoms with Gasteiger partial charge in [0.15, 0.2) is 0 Å². The van der Waals surface area contributed by atoms with E-state index in [4.69, 9.17) is 34.2 Å². The third-order valence-corrected chi connectivity index (χ3v) is 4.06. The smallest absolute Gasteiger partial charge is 0.0992 e. The van der Waals surface area contributed by atoms with Crippen molar-refractivity contribution in [2.75, 3.05) is 5.73 Å². The Morgan fingerprint density at radius 2 is 1.83 bits per heavy atom. The number of benzene rings is 2. The molecule has 0 saturated carbocycles. The van der Waals surface area contributed by atoms with Gasteiger partial charge in [-0.15, -0.1) is 0 Å². The molecule has 0 aromatic heterocycles. The second kappa shape index (κ2) is 5.53. The van der Waals surface area contributed by atoms with Crippen LogP contribution in [0.4, 0.5) is 5.69 Å². The SMILES string of the molecule is N#Cc1ccc(N)c(Sc2ccc(Cl)c(Cl)c2)c1. The van der Waals surface area contributed by atoms with Gasteiger partial charge in [-0.3, -0.25) is 0 Å². The van der Waals surface area contributed by atoms with Gasteiger partial charge in [0, 0.05) is 15.5 Å². The van der Waals surface area contributed by atoms with Gasteiger partial charge in [0.1, 0.15) is 0 Å². The first-order valence-corrected chi connectivity index (χ1v) is 6.60. The van der Waals surface area contributed by atoms with E-state index >= 15 is 0 Å². The molecule has 0 aliphatic heterocycles. The predicted molar refractivity (Wildman–Crippen MR) is 76.2 cm³/mol. The molecule has 5 heteroatoms. The zero-order valence-electron chi connectivity index (χ0n) is 9.15. The largest absolute Gasteiger partial charge is 0.398 e. The average Bonchev–Trinajstić information content (AvgIpc) is 2.36. The van der Waals surface area contributed by atoms with E-state index in [-0.39, 0.29) is 0 Å². The van der Waals surface area contributed by atoms with Gasteiger partial charge in [-0.1, -0.05) is 35.0 Å². The summed E-state index contributed by atoms with van der Waals surface area (Å²) in [5.74, 6) is 0. The summed E-state index contributed by atoms with van der Waals surface area (Å²) in [4.78, 5) is 1.75. The Bertz CT molecular complexity index is 635. The zero-order chi connectivity index (χ0) is 13.1. The summed E-state index contributed by atoms with van der Waals surface area (Å²) in [6.45, 7) is 0. The van der Waals surface area contributed by atoms with E-state index in [9.17, 15) is 0 Å². The Morgan fingerprint density at radius 3 is 2.50 bits per heavy atom. The molecule has 0 fully saturated rings. The zero-order valence-corrected chi connectivity index (χ0v) is 11.5. The third-order valence-electron chi connectivity index (χ3n) is 2.26. The number of nitrogen functional groups attached to an aromatic ring is 1. The van der Waals surface area contributed by atoms with Crippen molar-refractivity contribution in [1.29, 1.82) is 5.26 Å². The van der Waals surface area contributed by atoms with Crippen LogP contribution in [0.5, 0.6) is 0 Å². The van der Waals surface area contributed by atoms with Crippen molar-refractivity contribution in [3.63, 3.8) is 0 Å². The topological polar surface area (TPSA) is 49.8 Å². The summed E-state index contributed by atoms with van der Waals surface area (Å²) >= 11 is 13.3.